The van der Waals surface area contributed by atoms with Crippen molar-refractivity contribution in [1.29, 1.82) is 0 Å². The van der Waals surface area contributed by atoms with E-state index >= 15 is 0 Å². The van der Waals surface area contributed by atoms with E-state index in [-0.39, 0.29) is 5.91 Å². The molecule has 1 amide bonds. The molecule has 0 bridgehead atoms. The number of aryl methyl sites for hydroxylation is 1. The van der Waals surface area contributed by atoms with E-state index in [1.165, 1.54) is 0 Å². The van der Waals surface area contributed by atoms with Crippen LogP contribution < -0.4 is 15.1 Å². The van der Waals surface area contributed by atoms with Gasteiger partial charge in [0.05, 0.1) is 18.9 Å². The number of ether oxygens (including phenoxy) is 1. The van der Waals surface area contributed by atoms with Gasteiger partial charge in [0.15, 0.2) is 5.11 Å². The molecule has 1 unspecified atom stereocenters. The van der Waals surface area contributed by atoms with Crippen LogP contribution in [0.2, 0.25) is 0 Å². The number of nitrogens with one attached hydrogen (secondary N) is 1. The summed E-state index contributed by atoms with van der Waals surface area (Å²) in [5.74, 6) is -0.0385. The van der Waals surface area contributed by atoms with Gasteiger partial charge in [-0.2, -0.15) is 0 Å². The molecule has 5 nitrogen and oxygen atoms in total. The fourth-order valence-electron chi connectivity index (χ4n) is 3.48. The third-order valence-electron chi connectivity index (χ3n) is 4.92. The van der Waals surface area contributed by atoms with Crippen LogP contribution in [-0.4, -0.2) is 37.3 Å². The summed E-state index contributed by atoms with van der Waals surface area (Å²) in [6, 6.07) is 15.5. The molecule has 0 saturated carbocycles. The average Bonchev–Trinajstić information content (AvgIpc) is 2.97. The summed E-state index contributed by atoms with van der Waals surface area (Å²) < 4.78 is 5.40. The maximum absolute atomic E-state index is 13.0. The number of benzene rings is 2. The number of hydrogen-bond donors (Lipinski definition) is 1. The topological polar surface area (TPSA) is 44.8 Å². The van der Waals surface area contributed by atoms with E-state index in [1.807, 2.05) is 55.5 Å². The number of hydrogen-bond acceptors (Lipinski definition) is 4. The molecule has 2 aliphatic heterocycles. The second-order valence-corrected chi connectivity index (χ2v) is 6.92. The van der Waals surface area contributed by atoms with E-state index in [4.69, 9.17) is 17.0 Å². The fraction of sp³-hybridized carbons (Fsp3) is 0.300. The van der Waals surface area contributed by atoms with Gasteiger partial charge >= 0.3 is 0 Å². The summed E-state index contributed by atoms with van der Waals surface area (Å²) in [6.45, 7) is 5.28. The molecular formula is C20H21N3O2S. The largest absolute Gasteiger partial charge is 0.378 e. The molecule has 0 radical (unpaired) electrons. The summed E-state index contributed by atoms with van der Waals surface area (Å²) in [7, 11) is 0. The van der Waals surface area contributed by atoms with Crippen molar-refractivity contribution in [2.75, 3.05) is 36.1 Å². The lowest BCUT2D eigenvalue weighted by atomic mass is 10.0. The molecule has 2 aliphatic rings. The van der Waals surface area contributed by atoms with Gasteiger partial charge in [-0.1, -0.05) is 24.3 Å². The van der Waals surface area contributed by atoms with E-state index in [1.54, 1.807) is 4.90 Å². The second kappa shape index (κ2) is 7.05. The van der Waals surface area contributed by atoms with Crippen molar-refractivity contribution in [1.82, 2.24) is 5.32 Å². The lowest BCUT2D eigenvalue weighted by Gasteiger charge is -2.29. The van der Waals surface area contributed by atoms with E-state index in [2.05, 4.69) is 10.2 Å². The lowest BCUT2D eigenvalue weighted by molar-refractivity contribution is -0.118. The Balaban J connectivity index is 1.56. The average molecular weight is 367 g/mol. The van der Waals surface area contributed by atoms with Gasteiger partial charge in [0.1, 0.15) is 6.04 Å². The smallest absolute Gasteiger partial charge is 0.260 e. The number of carbonyl (C=O) groups is 1. The van der Waals surface area contributed by atoms with Crippen LogP contribution in [0, 0.1) is 6.92 Å². The third kappa shape index (κ3) is 3.06. The maximum atomic E-state index is 13.0. The molecule has 2 aromatic rings. The Morgan fingerprint density at radius 2 is 1.69 bits per heavy atom. The minimum atomic E-state index is -0.428. The Hall–Kier alpha value is -2.44. The predicted molar refractivity (Wildman–Crippen MR) is 107 cm³/mol. The van der Waals surface area contributed by atoms with Crippen molar-refractivity contribution in [3.63, 3.8) is 0 Å². The number of rotatable bonds is 3. The summed E-state index contributed by atoms with van der Waals surface area (Å²) in [5.41, 5.74) is 3.97. The monoisotopic (exact) mass is 367 g/mol. The Morgan fingerprint density at radius 1 is 1.04 bits per heavy atom. The van der Waals surface area contributed by atoms with Crippen LogP contribution in [0.15, 0.2) is 48.5 Å². The van der Waals surface area contributed by atoms with Crippen molar-refractivity contribution in [3.8, 4) is 0 Å². The van der Waals surface area contributed by atoms with E-state index < -0.39 is 6.04 Å². The van der Waals surface area contributed by atoms with Crippen molar-refractivity contribution < 1.29 is 9.53 Å². The first-order valence-corrected chi connectivity index (χ1v) is 9.19. The molecule has 2 aromatic carbocycles. The molecule has 26 heavy (non-hydrogen) atoms. The van der Waals surface area contributed by atoms with E-state index in [0.717, 1.165) is 48.8 Å². The van der Waals surface area contributed by atoms with Crippen LogP contribution in [0.4, 0.5) is 11.4 Å². The molecule has 134 valence electrons. The summed E-state index contributed by atoms with van der Waals surface area (Å²) in [6.07, 6.45) is 0. The van der Waals surface area contributed by atoms with Crippen molar-refractivity contribution in [3.05, 3.63) is 59.7 Å². The van der Waals surface area contributed by atoms with Gasteiger partial charge in [0.25, 0.3) is 5.91 Å². The maximum Gasteiger partial charge on any atom is 0.260 e. The SMILES string of the molecule is Cc1ccccc1C1NC(=S)N(c2ccc(N3CCOCC3)cc2)C1=O. The Labute approximate surface area is 158 Å². The van der Waals surface area contributed by atoms with Gasteiger partial charge in [-0.05, 0) is 54.5 Å². The zero-order chi connectivity index (χ0) is 18.1. The zero-order valence-electron chi connectivity index (χ0n) is 14.6. The Kier molecular flexibility index (Phi) is 4.61. The van der Waals surface area contributed by atoms with Crippen LogP contribution in [0.5, 0.6) is 0 Å². The number of thiocarbonyl (C=S) groups is 1. The molecule has 1 N–H and O–H groups in total. The highest BCUT2D eigenvalue weighted by Gasteiger charge is 2.38. The number of morpholine rings is 1. The molecule has 2 saturated heterocycles. The van der Waals surface area contributed by atoms with Crippen LogP contribution in [0.3, 0.4) is 0 Å². The molecule has 0 aromatic heterocycles. The number of carbonyl (C=O) groups excluding carboxylic acids is 1. The van der Waals surface area contributed by atoms with Gasteiger partial charge in [-0.3, -0.25) is 9.69 Å². The number of nitrogens with zero attached hydrogens (tertiary/aromatic N) is 2. The highest BCUT2D eigenvalue weighted by atomic mass is 32.1. The summed E-state index contributed by atoms with van der Waals surface area (Å²) in [5, 5.41) is 3.61. The van der Waals surface area contributed by atoms with E-state index in [0.29, 0.717) is 5.11 Å². The predicted octanol–water partition coefficient (Wildman–Crippen LogP) is 2.79. The molecular weight excluding hydrogens is 346 g/mol. The number of anilines is 2. The van der Waals surface area contributed by atoms with Crippen molar-refractivity contribution in [2.45, 2.75) is 13.0 Å². The molecule has 6 heteroatoms. The molecule has 0 aliphatic carbocycles. The first kappa shape index (κ1) is 17.0. The fourth-order valence-corrected chi connectivity index (χ4v) is 3.79. The minimum Gasteiger partial charge on any atom is -0.378 e. The molecule has 2 heterocycles. The Bertz CT molecular complexity index is 831. The van der Waals surface area contributed by atoms with Gasteiger partial charge < -0.3 is 15.0 Å². The van der Waals surface area contributed by atoms with Crippen molar-refractivity contribution >= 4 is 34.6 Å². The lowest BCUT2D eigenvalue weighted by Crippen LogP contribution is -2.36. The molecule has 4 rings (SSSR count). The van der Waals surface area contributed by atoms with E-state index in [9.17, 15) is 4.79 Å². The molecule has 2 fully saturated rings. The molecule has 0 spiro atoms. The van der Waals surface area contributed by atoms with Gasteiger partial charge in [0, 0.05) is 18.8 Å². The molecule has 1 atom stereocenters. The third-order valence-corrected chi connectivity index (χ3v) is 5.22. The highest BCUT2D eigenvalue weighted by Crippen LogP contribution is 2.30. The zero-order valence-corrected chi connectivity index (χ0v) is 15.5. The second-order valence-electron chi connectivity index (χ2n) is 6.53. The van der Waals surface area contributed by atoms with Gasteiger partial charge in [-0.25, -0.2) is 0 Å². The highest BCUT2D eigenvalue weighted by molar-refractivity contribution is 7.80. The van der Waals surface area contributed by atoms with Crippen molar-refractivity contribution in [2.24, 2.45) is 0 Å². The standard InChI is InChI=1S/C20H21N3O2S/c1-14-4-2-3-5-17(14)18-19(24)23(20(26)21-18)16-8-6-15(7-9-16)22-10-12-25-13-11-22/h2-9,18H,10-13H2,1H3,(H,21,26). The Morgan fingerprint density at radius 3 is 2.38 bits per heavy atom. The minimum absolute atomic E-state index is 0.0385. The van der Waals surface area contributed by atoms with Crippen LogP contribution in [0.25, 0.3) is 0 Å². The van der Waals surface area contributed by atoms with Crippen LogP contribution >= 0.6 is 12.2 Å². The normalized spacial score (nSPS) is 20.4. The summed E-state index contributed by atoms with van der Waals surface area (Å²) in [4.78, 5) is 16.9. The first-order valence-electron chi connectivity index (χ1n) is 8.78. The van der Waals surface area contributed by atoms with Crippen LogP contribution in [-0.2, 0) is 9.53 Å². The first-order chi connectivity index (χ1) is 12.6. The number of amides is 1. The quantitative estimate of drug-likeness (QED) is 0.846. The van der Waals surface area contributed by atoms with Gasteiger partial charge in [-0.15, -0.1) is 0 Å². The van der Waals surface area contributed by atoms with Crippen LogP contribution in [0.1, 0.15) is 17.2 Å². The summed E-state index contributed by atoms with van der Waals surface area (Å²) >= 11 is 5.44. The van der Waals surface area contributed by atoms with Gasteiger partial charge in [0.2, 0.25) is 0 Å².